The summed E-state index contributed by atoms with van der Waals surface area (Å²) in [7, 11) is 0. The van der Waals surface area contributed by atoms with Gasteiger partial charge in [-0.1, -0.05) is 77.8 Å². The second-order valence-corrected chi connectivity index (χ2v) is 11.2. The Hall–Kier alpha value is -4.36. The lowest BCUT2D eigenvalue weighted by Gasteiger charge is -2.29. The van der Waals surface area contributed by atoms with Gasteiger partial charge in [-0.25, -0.2) is 9.78 Å². The maximum absolute atomic E-state index is 11.3. The molecule has 6 rings (SSSR count). The monoisotopic (exact) mass is 609 g/mol. The minimum absolute atomic E-state index is 0.249. The number of benzene rings is 4. The molecule has 216 valence electrons. The fourth-order valence-corrected chi connectivity index (χ4v) is 5.63. The predicted molar refractivity (Wildman–Crippen MR) is 174 cm³/mol. The normalized spacial score (nSPS) is 13.5. The Morgan fingerprint density at radius 3 is 2.37 bits per heavy atom. The Bertz CT molecular complexity index is 1770. The molecule has 2 heterocycles. The van der Waals surface area contributed by atoms with Crippen LogP contribution in [-0.4, -0.2) is 46.9 Å². The van der Waals surface area contributed by atoms with Gasteiger partial charge in [0.15, 0.2) is 0 Å². The van der Waals surface area contributed by atoms with Gasteiger partial charge < -0.3 is 19.3 Å². The summed E-state index contributed by atoms with van der Waals surface area (Å²) < 4.78 is 7.53. The number of nitrogens with zero attached hydrogens (tertiary/aromatic N) is 3. The quantitative estimate of drug-likeness (QED) is 0.192. The summed E-state index contributed by atoms with van der Waals surface area (Å²) in [4.78, 5) is 18.5. The van der Waals surface area contributed by atoms with Crippen molar-refractivity contribution >= 4 is 47.0 Å². The number of imidazole rings is 1. The van der Waals surface area contributed by atoms with Gasteiger partial charge in [0.05, 0.1) is 29.5 Å². The summed E-state index contributed by atoms with van der Waals surface area (Å²) in [5.74, 6) is -0.209. The van der Waals surface area contributed by atoms with Gasteiger partial charge in [-0.2, -0.15) is 0 Å². The number of rotatable bonds is 8. The van der Waals surface area contributed by atoms with E-state index in [0.29, 0.717) is 16.6 Å². The van der Waals surface area contributed by atoms with E-state index in [1.165, 1.54) is 11.3 Å². The summed E-state index contributed by atoms with van der Waals surface area (Å²) in [6, 6.07) is 29.3. The zero-order valence-corrected chi connectivity index (χ0v) is 24.8. The lowest BCUT2D eigenvalue weighted by Crippen LogP contribution is -2.36. The Morgan fingerprint density at radius 1 is 0.884 bits per heavy atom. The largest absolute Gasteiger partial charge is 0.478 e. The van der Waals surface area contributed by atoms with E-state index < -0.39 is 5.97 Å². The van der Waals surface area contributed by atoms with Crippen LogP contribution in [0.5, 0.6) is 0 Å². The van der Waals surface area contributed by atoms with Gasteiger partial charge in [0.25, 0.3) is 0 Å². The summed E-state index contributed by atoms with van der Waals surface area (Å²) in [5.41, 5.74) is 7.29. The van der Waals surface area contributed by atoms with Crippen LogP contribution in [0.3, 0.4) is 0 Å². The van der Waals surface area contributed by atoms with Gasteiger partial charge in [0.1, 0.15) is 5.82 Å². The third-order valence-electron chi connectivity index (χ3n) is 7.46. The van der Waals surface area contributed by atoms with Crippen LogP contribution in [0.25, 0.3) is 34.5 Å². The minimum atomic E-state index is -0.951. The standard InChI is InChI=1S/C35H29Cl2N3O3/c36-29-13-14-31(32(37)21-29)33-23-40(22-25-6-11-27(12-7-25)35(41)42)34(38-33)15-8-24-4-9-26(10-5-24)28-2-1-3-30(20-28)39-16-18-43-19-17-39/h1-15,20-21,23H,16-19,22H2,(H,41,42)/b15-8+. The fourth-order valence-electron chi connectivity index (χ4n) is 5.13. The number of hydrogen-bond acceptors (Lipinski definition) is 4. The van der Waals surface area contributed by atoms with Gasteiger partial charge in [0.2, 0.25) is 0 Å². The van der Waals surface area contributed by atoms with Crippen molar-refractivity contribution in [2.45, 2.75) is 6.54 Å². The molecule has 1 aliphatic heterocycles. The van der Waals surface area contributed by atoms with Crippen molar-refractivity contribution in [2.75, 3.05) is 31.2 Å². The minimum Gasteiger partial charge on any atom is -0.478 e. The van der Waals surface area contributed by atoms with E-state index in [2.05, 4.69) is 53.4 Å². The first kappa shape index (κ1) is 28.7. The van der Waals surface area contributed by atoms with Crippen molar-refractivity contribution in [3.63, 3.8) is 0 Å². The van der Waals surface area contributed by atoms with E-state index in [1.807, 2.05) is 41.1 Å². The van der Waals surface area contributed by atoms with Gasteiger partial charge in [-0.05, 0) is 70.8 Å². The lowest BCUT2D eigenvalue weighted by molar-refractivity contribution is 0.0697. The maximum Gasteiger partial charge on any atom is 0.335 e. The van der Waals surface area contributed by atoms with Crippen LogP contribution < -0.4 is 4.90 Å². The number of anilines is 1. The summed E-state index contributed by atoms with van der Waals surface area (Å²) in [6.45, 7) is 3.84. The van der Waals surface area contributed by atoms with E-state index in [-0.39, 0.29) is 5.56 Å². The fraction of sp³-hybridized carbons (Fsp3) is 0.143. The van der Waals surface area contributed by atoms with E-state index >= 15 is 0 Å². The Morgan fingerprint density at radius 2 is 1.65 bits per heavy atom. The molecule has 1 aromatic heterocycles. The van der Waals surface area contributed by atoms with Crippen LogP contribution in [0.4, 0.5) is 5.69 Å². The zero-order chi connectivity index (χ0) is 29.8. The highest BCUT2D eigenvalue weighted by Gasteiger charge is 2.14. The Balaban J connectivity index is 1.26. The van der Waals surface area contributed by atoms with Crippen LogP contribution in [0, 0.1) is 0 Å². The molecule has 4 aromatic carbocycles. The van der Waals surface area contributed by atoms with Crippen LogP contribution in [0.2, 0.25) is 10.0 Å². The van der Waals surface area contributed by atoms with Gasteiger partial charge in [0, 0.05) is 42.1 Å². The van der Waals surface area contributed by atoms with Crippen molar-refractivity contribution < 1.29 is 14.6 Å². The molecule has 5 aromatic rings. The van der Waals surface area contributed by atoms with Crippen molar-refractivity contribution in [1.29, 1.82) is 0 Å². The molecule has 1 fully saturated rings. The molecular weight excluding hydrogens is 581 g/mol. The van der Waals surface area contributed by atoms with Crippen LogP contribution >= 0.6 is 23.2 Å². The molecule has 0 spiro atoms. The predicted octanol–water partition coefficient (Wildman–Crippen LogP) is 8.28. The number of carbonyl (C=O) groups is 1. The third kappa shape index (κ3) is 6.83. The van der Waals surface area contributed by atoms with E-state index in [9.17, 15) is 9.90 Å². The molecule has 0 saturated carbocycles. The van der Waals surface area contributed by atoms with Crippen molar-refractivity contribution in [1.82, 2.24) is 9.55 Å². The lowest BCUT2D eigenvalue weighted by atomic mass is 10.0. The molecule has 0 atom stereocenters. The number of carboxylic acid groups (broad SMARTS) is 1. The highest BCUT2D eigenvalue weighted by molar-refractivity contribution is 6.36. The number of halogens is 2. The topological polar surface area (TPSA) is 67.6 Å². The van der Waals surface area contributed by atoms with Gasteiger partial charge in [-0.3, -0.25) is 0 Å². The first-order valence-electron chi connectivity index (χ1n) is 14.0. The maximum atomic E-state index is 11.3. The summed E-state index contributed by atoms with van der Waals surface area (Å²) >= 11 is 12.6. The highest BCUT2D eigenvalue weighted by atomic mass is 35.5. The smallest absolute Gasteiger partial charge is 0.335 e. The Kier molecular flexibility index (Phi) is 8.61. The molecular formula is C35H29Cl2N3O3. The molecule has 0 unspecified atom stereocenters. The molecule has 0 amide bonds. The van der Waals surface area contributed by atoms with Crippen LogP contribution in [0.15, 0.2) is 97.2 Å². The summed E-state index contributed by atoms with van der Waals surface area (Å²) in [6.07, 6.45) is 5.96. The molecule has 8 heteroatoms. The van der Waals surface area contributed by atoms with Crippen LogP contribution in [0.1, 0.15) is 27.3 Å². The molecule has 0 radical (unpaired) electrons. The van der Waals surface area contributed by atoms with Gasteiger partial charge in [-0.15, -0.1) is 0 Å². The van der Waals surface area contributed by atoms with Crippen LogP contribution in [-0.2, 0) is 11.3 Å². The first-order chi connectivity index (χ1) is 20.9. The molecule has 43 heavy (non-hydrogen) atoms. The SMILES string of the molecule is O=C(O)c1ccc(Cn2cc(-c3ccc(Cl)cc3Cl)nc2/C=C/c2ccc(-c3cccc(N4CCOCC4)c3)cc2)cc1. The number of aromatic nitrogens is 2. The first-order valence-corrected chi connectivity index (χ1v) is 14.7. The average Bonchev–Trinajstić information content (AvgIpc) is 3.43. The molecule has 0 bridgehead atoms. The third-order valence-corrected chi connectivity index (χ3v) is 8.01. The average molecular weight is 611 g/mol. The van der Waals surface area contributed by atoms with E-state index in [1.54, 1.807) is 24.3 Å². The molecule has 6 nitrogen and oxygen atoms in total. The molecule has 1 aliphatic rings. The summed E-state index contributed by atoms with van der Waals surface area (Å²) in [5, 5.41) is 10.3. The number of carboxylic acids is 1. The van der Waals surface area contributed by atoms with E-state index in [4.69, 9.17) is 32.9 Å². The molecule has 0 aliphatic carbocycles. The number of morpholine rings is 1. The number of hydrogen-bond donors (Lipinski definition) is 1. The number of aromatic carboxylic acids is 1. The molecule has 1 N–H and O–H groups in total. The second kappa shape index (κ2) is 12.9. The zero-order valence-electron chi connectivity index (χ0n) is 23.3. The van der Waals surface area contributed by atoms with Gasteiger partial charge >= 0.3 is 5.97 Å². The van der Waals surface area contributed by atoms with Crippen molar-refractivity contribution in [2.24, 2.45) is 0 Å². The number of ether oxygens (including phenoxy) is 1. The van der Waals surface area contributed by atoms with E-state index in [0.717, 1.165) is 60.1 Å². The second-order valence-electron chi connectivity index (χ2n) is 10.3. The highest BCUT2D eigenvalue weighted by Crippen LogP contribution is 2.31. The van der Waals surface area contributed by atoms with Crippen molar-refractivity contribution in [3.05, 3.63) is 130 Å². The molecule has 1 saturated heterocycles. The van der Waals surface area contributed by atoms with Crippen molar-refractivity contribution in [3.8, 4) is 22.4 Å². The Labute approximate surface area is 260 Å².